The fourth-order valence-corrected chi connectivity index (χ4v) is 2.41. The molecule has 0 aromatic heterocycles. The van der Waals surface area contributed by atoms with Crippen LogP contribution in [0.4, 0.5) is 13.2 Å². The van der Waals surface area contributed by atoms with Crippen molar-refractivity contribution in [3.05, 3.63) is 35.4 Å². The van der Waals surface area contributed by atoms with E-state index in [2.05, 4.69) is 5.32 Å². The molecule has 1 amide bonds. The fraction of sp³-hybridized carbons (Fsp3) is 0.500. The predicted molar refractivity (Wildman–Crippen MR) is 67.1 cm³/mol. The Labute approximate surface area is 114 Å². The minimum Gasteiger partial charge on any atom is -0.387 e. The van der Waals surface area contributed by atoms with Crippen LogP contribution in [0.5, 0.6) is 0 Å². The molecule has 0 fully saturated rings. The molecule has 1 aliphatic carbocycles. The van der Waals surface area contributed by atoms with Crippen LogP contribution in [0.25, 0.3) is 0 Å². The van der Waals surface area contributed by atoms with Crippen molar-refractivity contribution in [2.45, 2.75) is 37.5 Å². The first-order valence-corrected chi connectivity index (χ1v) is 6.40. The summed E-state index contributed by atoms with van der Waals surface area (Å²) in [7, 11) is 0. The minimum atomic E-state index is -4.34. The smallest absolute Gasteiger partial charge is 0.387 e. The van der Waals surface area contributed by atoms with E-state index < -0.39 is 30.5 Å². The van der Waals surface area contributed by atoms with Crippen LogP contribution in [-0.2, 0) is 17.6 Å². The summed E-state index contributed by atoms with van der Waals surface area (Å²) in [6, 6.07) is 7.54. The lowest BCUT2D eigenvalue weighted by Gasteiger charge is -2.22. The number of rotatable bonds is 4. The van der Waals surface area contributed by atoms with Gasteiger partial charge >= 0.3 is 6.18 Å². The SMILES string of the molecule is O=C(CCC(F)(F)F)NCC1(O)Cc2ccccc2C1. The Balaban J connectivity index is 1.82. The Bertz CT molecular complexity index is 474. The molecule has 0 saturated carbocycles. The van der Waals surface area contributed by atoms with Crippen LogP contribution < -0.4 is 5.32 Å². The molecule has 1 aromatic rings. The van der Waals surface area contributed by atoms with Crippen molar-refractivity contribution in [1.82, 2.24) is 5.32 Å². The molecular formula is C14H16F3NO2. The molecule has 0 spiro atoms. The van der Waals surface area contributed by atoms with Crippen LogP contribution in [0.1, 0.15) is 24.0 Å². The lowest BCUT2D eigenvalue weighted by molar-refractivity contribution is -0.144. The molecular weight excluding hydrogens is 271 g/mol. The van der Waals surface area contributed by atoms with Gasteiger partial charge in [-0.3, -0.25) is 4.79 Å². The maximum Gasteiger partial charge on any atom is 0.389 e. The molecule has 0 heterocycles. The Morgan fingerprint density at radius 1 is 1.25 bits per heavy atom. The van der Waals surface area contributed by atoms with Gasteiger partial charge in [-0.1, -0.05) is 24.3 Å². The van der Waals surface area contributed by atoms with Gasteiger partial charge in [0.2, 0.25) is 5.91 Å². The molecule has 1 aromatic carbocycles. The first-order valence-electron chi connectivity index (χ1n) is 6.40. The number of benzene rings is 1. The predicted octanol–water partition coefficient (Wildman–Crippen LogP) is 1.98. The largest absolute Gasteiger partial charge is 0.389 e. The molecule has 0 atom stereocenters. The van der Waals surface area contributed by atoms with Crippen molar-refractivity contribution in [1.29, 1.82) is 0 Å². The third-order valence-electron chi connectivity index (χ3n) is 3.41. The van der Waals surface area contributed by atoms with Gasteiger partial charge in [0.05, 0.1) is 12.0 Å². The van der Waals surface area contributed by atoms with E-state index in [1.54, 1.807) is 0 Å². The lowest BCUT2D eigenvalue weighted by Crippen LogP contribution is -2.43. The highest BCUT2D eigenvalue weighted by Gasteiger charge is 2.35. The molecule has 2 rings (SSSR count). The lowest BCUT2D eigenvalue weighted by atomic mass is 10.0. The third kappa shape index (κ3) is 3.96. The topological polar surface area (TPSA) is 49.3 Å². The minimum absolute atomic E-state index is 0.0294. The van der Waals surface area contributed by atoms with E-state index >= 15 is 0 Å². The Morgan fingerprint density at radius 3 is 2.30 bits per heavy atom. The zero-order valence-electron chi connectivity index (χ0n) is 10.8. The van der Waals surface area contributed by atoms with E-state index in [4.69, 9.17) is 0 Å². The maximum atomic E-state index is 12.0. The summed E-state index contributed by atoms with van der Waals surface area (Å²) in [6.45, 7) is -0.0294. The second-order valence-corrected chi connectivity index (χ2v) is 5.24. The average molecular weight is 287 g/mol. The number of aliphatic hydroxyl groups is 1. The molecule has 2 N–H and O–H groups in total. The van der Waals surface area contributed by atoms with Crippen LogP contribution in [0.2, 0.25) is 0 Å². The van der Waals surface area contributed by atoms with E-state index in [1.807, 2.05) is 24.3 Å². The standard InChI is InChI=1S/C14H16F3NO2/c15-14(16,17)6-5-12(19)18-9-13(20)7-10-3-1-2-4-11(10)8-13/h1-4,20H,5-9H2,(H,18,19). The Hall–Kier alpha value is -1.56. The number of amides is 1. The quantitative estimate of drug-likeness (QED) is 0.889. The fourth-order valence-electron chi connectivity index (χ4n) is 2.41. The molecule has 0 aliphatic heterocycles. The molecule has 0 bridgehead atoms. The highest BCUT2D eigenvalue weighted by Crippen LogP contribution is 2.29. The second-order valence-electron chi connectivity index (χ2n) is 5.24. The van der Waals surface area contributed by atoms with Crippen molar-refractivity contribution >= 4 is 5.91 Å². The zero-order chi connectivity index (χ0) is 14.8. The van der Waals surface area contributed by atoms with Gasteiger partial charge in [-0.2, -0.15) is 13.2 Å². The van der Waals surface area contributed by atoms with Gasteiger partial charge in [0, 0.05) is 25.8 Å². The summed E-state index contributed by atoms with van der Waals surface area (Å²) in [5.74, 6) is -0.688. The van der Waals surface area contributed by atoms with Crippen molar-refractivity contribution in [2.75, 3.05) is 6.54 Å². The monoisotopic (exact) mass is 287 g/mol. The number of fused-ring (bicyclic) bond motifs is 1. The zero-order valence-corrected chi connectivity index (χ0v) is 10.8. The summed E-state index contributed by atoms with van der Waals surface area (Å²) < 4.78 is 35.9. The van der Waals surface area contributed by atoms with Crippen LogP contribution in [0.15, 0.2) is 24.3 Å². The molecule has 0 saturated heterocycles. The molecule has 0 unspecified atom stereocenters. The van der Waals surface area contributed by atoms with Crippen molar-refractivity contribution < 1.29 is 23.1 Å². The molecule has 0 radical (unpaired) electrons. The summed E-state index contributed by atoms with van der Waals surface area (Å²) in [5, 5.41) is 12.7. The summed E-state index contributed by atoms with van der Waals surface area (Å²) >= 11 is 0. The van der Waals surface area contributed by atoms with Crippen molar-refractivity contribution in [3.8, 4) is 0 Å². The average Bonchev–Trinajstić information content (AvgIpc) is 2.70. The molecule has 3 nitrogen and oxygen atoms in total. The van der Waals surface area contributed by atoms with E-state index in [9.17, 15) is 23.1 Å². The Morgan fingerprint density at radius 2 is 1.80 bits per heavy atom. The van der Waals surface area contributed by atoms with E-state index in [0.717, 1.165) is 11.1 Å². The molecule has 1 aliphatic rings. The Kier molecular flexibility index (Phi) is 4.04. The van der Waals surface area contributed by atoms with E-state index in [0.29, 0.717) is 12.8 Å². The van der Waals surface area contributed by atoms with Gasteiger partial charge in [0.15, 0.2) is 0 Å². The number of hydrogen-bond acceptors (Lipinski definition) is 2. The molecule has 20 heavy (non-hydrogen) atoms. The number of alkyl halides is 3. The molecule has 110 valence electrons. The van der Waals surface area contributed by atoms with Crippen molar-refractivity contribution in [2.24, 2.45) is 0 Å². The van der Waals surface area contributed by atoms with Gasteiger partial charge in [-0.25, -0.2) is 0 Å². The first-order chi connectivity index (χ1) is 9.27. The first kappa shape index (κ1) is 14.8. The maximum absolute atomic E-state index is 12.0. The normalized spacial score (nSPS) is 16.8. The molecule has 6 heteroatoms. The van der Waals surface area contributed by atoms with Gasteiger partial charge in [0.1, 0.15) is 0 Å². The van der Waals surface area contributed by atoms with E-state index in [1.165, 1.54) is 0 Å². The third-order valence-corrected chi connectivity index (χ3v) is 3.41. The number of carbonyl (C=O) groups excluding carboxylic acids is 1. The van der Waals surface area contributed by atoms with Crippen LogP contribution in [0, 0.1) is 0 Å². The van der Waals surface area contributed by atoms with Crippen LogP contribution in [0.3, 0.4) is 0 Å². The second kappa shape index (κ2) is 5.44. The van der Waals surface area contributed by atoms with Gasteiger partial charge < -0.3 is 10.4 Å². The summed E-state index contributed by atoms with van der Waals surface area (Å²) in [5.41, 5.74) is 0.927. The van der Waals surface area contributed by atoms with Crippen LogP contribution >= 0.6 is 0 Å². The number of halogens is 3. The van der Waals surface area contributed by atoms with Gasteiger partial charge in [-0.05, 0) is 11.1 Å². The highest BCUT2D eigenvalue weighted by atomic mass is 19.4. The number of nitrogens with one attached hydrogen (secondary N) is 1. The number of hydrogen-bond donors (Lipinski definition) is 2. The van der Waals surface area contributed by atoms with E-state index in [-0.39, 0.29) is 6.54 Å². The van der Waals surface area contributed by atoms with Crippen molar-refractivity contribution in [3.63, 3.8) is 0 Å². The number of carbonyl (C=O) groups is 1. The van der Waals surface area contributed by atoms with Gasteiger partial charge in [0.25, 0.3) is 0 Å². The summed E-state index contributed by atoms with van der Waals surface area (Å²) in [6.07, 6.45) is -5.27. The van der Waals surface area contributed by atoms with Crippen LogP contribution in [-0.4, -0.2) is 29.3 Å². The van der Waals surface area contributed by atoms with Gasteiger partial charge in [-0.15, -0.1) is 0 Å². The highest BCUT2D eigenvalue weighted by molar-refractivity contribution is 5.76. The summed E-state index contributed by atoms with van der Waals surface area (Å²) in [4.78, 5) is 11.3.